The Bertz CT molecular complexity index is 1350. The highest BCUT2D eigenvalue weighted by Crippen LogP contribution is 2.20. The summed E-state index contributed by atoms with van der Waals surface area (Å²) in [5, 5.41) is 23.3. The first-order chi connectivity index (χ1) is 42.5. The molecule has 0 heterocycles. The van der Waals surface area contributed by atoms with Gasteiger partial charge in [0.25, 0.3) is 0 Å². The lowest BCUT2D eigenvalue weighted by Gasteiger charge is -2.20. The molecule has 6 heteroatoms. The zero-order valence-electron chi connectivity index (χ0n) is 58.6. The minimum Gasteiger partial charge on any atom is -0.466 e. The third-order valence-electron chi connectivity index (χ3n) is 18.7. The van der Waals surface area contributed by atoms with Gasteiger partial charge in [-0.1, -0.05) is 404 Å². The number of aliphatic hydroxyl groups is 2. The van der Waals surface area contributed by atoms with E-state index in [4.69, 9.17) is 4.74 Å². The Morgan fingerprint density at radius 1 is 0.314 bits per heavy atom. The van der Waals surface area contributed by atoms with Crippen LogP contribution in [0.3, 0.4) is 0 Å². The Kier molecular flexibility index (Phi) is 74.3. The number of esters is 1. The van der Waals surface area contributed by atoms with Gasteiger partial charge >= 0.3 is 5.97 Å². The van der Waals surface area contributed by atoms with E-state index >= 15 is 0 Å². The molecule has 0 rings (SSSR count). The predicted octanol–water partition coefficient (Wildman–Crippen LogP) is 26.0. The highest BCUT2D eigenvalue weighted by Gasteiger charge is 2.18. The summed E-state index contributed by atoms with van der Waals surface area (Å²) < 4.78 is 5.50. The maximum atomic E-state index is 12.6. The summed E-state index contributed by atoms with van der Waals surface area (Å²) in [6.45, 7) is 4.95. The molecule has 0 aromatic heterocycles. The molecule has 3 N–H and O–H groups in total. The zero-order valence-corrected chi connectivity index (χ0v) is 58.6. The van der Waals surface area contributed by atoms with Crippen molar-refractivity contribution in [3.8, 4) is 0 Å². The predicted molar refractivity (Wildman–Crippen MR) is 380 cm³/mol. The number of hydrogen-bond acceptors (Lipinski definition) is 5. The Labute approximate surface area is 539 Å². The van der Waals surface area contributed by atoms with Crippen LogP contribution in [0.4, 0.5) is 0 Å². The molecule has 0 spiro atoms. The van der Waals surface area contributed by atoms with Crippen LogP contribution in [0.1, 0.15) is 450 Å². The smallest absolute Gasteiger partial charge is 0.305 e. The molecule has 0 fully saturated rings. The number of unbranched alkanes of at least 4 members (excludes halogenated alkanes) is 62. The van der Waals surface area contributed by atoms with Gasteiger partial charge in [-0.3, -0.25) is 9.59 Å². The van der Waals surface area contributed by atoms with Crippen molar-refractivity contribution in [3.05, 3.63) is 24.3 Å². The molecule has 2 unspecified atom stereocenters. The second kappa shape index (κ2) is 75.8. The van der Waals surface area contributed by atoms with E-state index in [2.05, 4.69) is 31.3 Å². The Morgan fingerprint density at radius 3 is 0.826 bits per heavy atom. The Balaban J connectivity index is 3.36. The molecule has 0 saturated heterocycles. The topological polar surface area (TPSA) is 95.9 Å². The Morgan fingerprint density at radius 2 is 0.547 bits per heavy atom. The quantitative estimate of drug-likeness (QED) is 0.0320. The average Bonchev–Trinajstić information content (AvgIpc) is 3.54. The van der Waals surface area contributed by atoms with Crippen LogP contribution in [0.15, 0.2) is 24.3 Å². The van der Waals surface area contributed by atoms with Crippen molar-refractivity contribution in [2.45, 2.75) is 463 Å². The Hall–Kier alpha value is -1.66. The van der Waals surface area contributed by atoms with Gasteiger partial charge in [0.1, 0.15) is 0 Å². The fourth-order valence-electron chi connectivity index (χ4n) is 12.7. The molecule has 2 atom stereocenters. The lowest BCUT2D eigenvalue weighted by atomic mass is 10.0. The van der Waals surface area contributed by atoms with Crippen LogP contribution in [0.2, 0.25) is 0 Å². The number of carbonyl (C=O) groups is 2. The number of carbonyl (C=O) groups excluding carboxylic acids is 2. The van der Waals surface area contributed by atoms with Crippen LogP contribution in [0, 0.1) is 0 Å². The van der Waals surface area contributed by atoms with Crippen LogP contribution in [0.25, 0.3) is 0 Å². The highest BCUT2D eigenvalue weighted by atomic mass is 16.5. The number of amides is 1. The number of hydrogen-bond donors (Lipinski definition) is 3. The fraction of sp³-hybridized carbons (Fsp3) is 0.925. The van der Waals surface area contributed by atoms with E-state index in [0.29, 0.717) is 19.4 Å². The minimum atomic E-state index is -0.843. The number of ether oxygens (including phenoxy) is 1. The molecule has 0 aliphatic carbocycles. The summed E-state index contributed by atoms with van der Waals surface area (Å²) in [5.74, 6) is -0.0459. The first-order valence-corrected chi connectivity index (χ1v) is 39.6. The molecule has 86 heavy (non-hydrogen) atoms. The number of rotatable bonds is 75. The highest BCUT2D eigenvalue weighted by molar-refractivity contribution is 5.76. The van der Waals surface area contributed by atoms with Gasteiger partial charge in [0.2, 0.25) is 5.91 Å². The van der Waals surface area contributed by atoms with Crippen molar-refractivity contribution in [2.75, 3.05) is 13.2 Å². The van der Waals surface area contributed by atoms with Crippen LogP contribution in [-0.4, -0.2) is 47.4 Å². The van der Waals surface area contributed by atoms with Gasteiger partial charge in [-0.05, 0) is 57.8 Å². The largest absolute Gasteiger partial charge is 0.466 e. The second-order valence-corrected chi connectivity index (χ2v) is 27.4. The first kappa shape index (κ1) is 84.3. The minimum absolute atomic E-state index is 0.0129. The third kappa shape index (κ3) is 71.4. The molecule has 1 amide bonds. The van der Waals surface area contributed by atoms with Crippen molar-refractivity contribution in [3.63, 3.8) is 0 Å². The van der Waals surface area contributed by atoms with Gasteiger partial charge in [0, 0.05) is 12.8 Å². The summed E-state index contributed by atoms with van der Waals surface area (Å²) in [6.07, 6.45) is 97.3. The van der Waals surface area contributed by atoms with Gasteiger partial charge in [-0.25, -0.2) is 0 Å². The molecule has 0 aromatic rings. The molecule has 0 saturated carbocycles. The number of aliphatic hydroxyl groups excluding tert-OH is 2. The van der Waals surface area contributed by atoms with E-state index in [9.17, 15) is 19.8 Å². The van der Waals surface area contributed by atoms with E-state index in [1.165, 1.54) is 379 Å². The fourth-order valence-corrected chi connectivity index (χ4v) is 12.7. The molecule has 0 aliphatic heterocycles. The summed E-state index contributed by atoms with van der Waals surface area (Å²) in [7, 11) is 0. The number of nitrogens with one attached hydrogen (secondary N) is 1. The van der Waals surface area contributed by atoms with Crippen LogP contribution >= 0.6 is 0 Å². The van der Waals surface area contributed by atoms with Gasteiger partial charge in [-0.15, -0.1) is 0 Å². The molecule has 0 aliphatic rings. The molecule has 0 aromatic carbocycles. The first-order valence-electron chi connectivity index (χ1n) is 39.6. The van der Waals surface area contributed by atoms with E-state index in [1.54, 1.807) is 6.08 Å². The zero-order chi connectivity index (χ0) is 62.0. The third-order valence-corrected chi connectivity index (χ3v) is 18.7. The summed E-state index contributed by atoms with van der Waals surface area (Å²) >= 11 is 0. The van der Waals surface area contributed by atoms with Gasteiger partial charge in [-0.2, -0.15) is 0 Å². The maximum absolute atomic E-state index is 12.6. The molecule has 0 bridgehead atoms. The normalized spacial score (nSPS) is 12.6. The molecular formula is C80H155NO5. The van der Waals surface area contributed by atoms with E-state index < -0.39 is 12.1 Å². The van der Waals surface area contributed by atoms with Gasteiger partial charge in [0.05, 0.1) is 25.4 Å². The second-order valence-electron chi connectivity index (χ2n) is 27.4. The SMILES string of the molecule is CCCCCCCC/C=C\CCCCCCCC(=O)OCCCCCCCCCCCCCCCCCCCCCCCCCCCCCCCCC(=O)NC(CO)C(O)/C=C/CCCCCCCCCCCCCCCCCCCCCCCC. The molecule has 510 valence electrons. The van der Waals surface area contributed by atoms with Crippen LogP contribution in [-0.2, 0) is 14.3 Å². The summed E-state index contributed by atoms with van der Waals surface area (Å²) in [6, 6.07) is -0.626. The van der Waals surface area contributed by atoms with Crippen LogP contribution < -0.4 is 5.32 Å². The van der Waals surface area contributed by atoms with Crippen molar-refractivity contribution >= 4 is 11.9 Å². The summed E-state index contributed by atoms with van der Waals surface area (Å²) in [5.41, 5.74) is 0. The van der Waals surface area contributed by atoms with Crippen molar-refractivity contribution in [1.29, 1.82) is 0 Å². The van der Waals surface area contributed by atoms with E-state index in [0.717, 1.165) is 44.9 Å². The molecule has 6 nitrogen and oxygen atoms in total. The monoisotopic (exact) mass is 1210 g/mol. The van der Waals surface area contributed by atoms with Crippen molar-refractivity contribution in [1.82, 2.24) is 5.32 Å². The van der Waals surface area contributed by atoms with Crippen molar-refractivity contribution in [2.24, 2.45) is 0 Å². The lowest BCUT2D eigenvalue weighted by Crippen LogP contribution is -2.45. The lowest BCUT2D eigenvalue weighted by molar-refractivity contribution is -0.143. The van der Waals surface area contributed by atoms with Crippen LogP contribution in [0.5, 0.6) is 0 Å². The average molecular weight is 1210 g/mol. The molecular weight excluding hydrogens is 1050 g/mol. The van der Waals surface area contributed by atoms with E-state index in [-0.39, 0.29) is 18.5 Å². The van der Waals surface area contributed by atoms with Crippen molar-refractivity contribution < 1.29 is 24.5 Å². The maximum Gasteiger partial charge on any atom is 0.305 e. The molecule has 0 radical (unpaired) electrons. The van der Waals surface area contributed by atoms with E-state index in [1.807, 2.05) is 6.08 Å². The van der Waals surface area contributed by atoms with Gasteiger partial charge < -0.3 is 20.3 Å². The number of allylic oxidation sites excluding steroid dienone is 3. The van der Waals surface area contributed by atoms with Gasteiger partial charge in [0.15, 0.2) is 0 Å². The summed E-state index contributed by atoms with van der Waals surface area (Å²) in [4.78, 5) is 24.6. The standard InChI is InChI=1S/C80H155NO5/c1-3-5-7-9-11-13-15-17-19-20-21-22-23-32-35-38-41-45-48-52-56-60-64-68-72-78(83)77(76-82)81-79(84)73-69-65-61-57-53-49-46-42-39-36-33-30-28-26-24-25-27-29-31-34-37-40-43-47-51-55-59-63-67-71-75-86-80(85)74-70-66-62-58-54-50-44-18-16-14-12-10-8-6-4-2/h18,44,68,72,77-78,82-83H,3-17,19-43,45-67,69-71,73-76H2,1-2H3,(H,81,84)/b44-18-,72-68+.